The van der Waals surface area contributed by atoms with Crippen LogP contribution in [0.15, 0.2) is 12.1 Å². The smallest absolute Gasteiger partial charge is 0.132 e. The van der Waals surface area contributed by atoms with Crippen LogP contribution >= 0.6 is 11.6 Å². The van der Waals surface area contributed by atoms with Crippen molar-refractivity contribution in [1.29, 1.82) is 0 Å². The number of hydrogen-bond acceptors (Lipinski definition) is 2. The van der Waals surface area contributed by atoms with Crippen LogP contribution in [-0.2, 0) is 6.42 Å². The maximum atomic E-state index is 5.85. The van der Waals surface area contributed by atoms with Gasteiger partial charge in [-0.1, -0.05) is 17.7 Å². The lowest BCUT2D eigenvalue weighted by molar-refractivity contribution is 0.809. The van der Waals surface area contributed by atoms with Crippen molar-refractivity contribution in [2.45, 2.75) is 19.8 Å². The molecule has 0 fully saturated rings. The second-order valence-electron chi connectivity index (χ2n) is 2.80. The lowest BCUT2D eigenvalue weighted by Gasteiger charge is -2.01. The molecule has 0 aliphatic rings. The topological polar surface area (TPSA) is 38.9 Å². The van der Waals surface area contributed by atoms with Gasteiger partial charge in [-0.15, -0.1) is 0 Å². The Hall–Kier alpha value is -0.600. The van der Waals surface area contributed by atoms with Crippen LogP contribution in [0.4, 0.5) is 0 Å². The fourth-order valence-electron chi connectivity index (χ4n) is 0.964. The molecule has 0 aromatic carbocycles. The van der Waals surface area contributed by atoms with Crippen molar-refractivity contribution >= 4 is 11.6 Å². The highest BCUT2D eigenvalue weighted by molar-refractivity contribution is 6.30. The molecular weight excluding hydrogens is 172 g/mol. The van der Waals surface area contributed by atoms with Crippen LogP contribution in [-0.4, -0.2) is 11.5 Å². The minimum atomic E-state index is 0.601. The normalized spacial score (nSPS) is 10.2. The highest BCUT2D eigenvalue weighted by atomic mass is 35.5. The lowest BCUT2D eigenvalue weighted by atomic mass is 10.2. The molecule has 0 aliphatic carbocycles. The van der Waals surface area contributed by atoms with Gasteiger partial charge in [0.25, 0.3) is 0 Å². The van der Waals surface area contributed by atoms with E-state index in [1.807, 2.05) is 19.1 Å². The Morgan fingerprint density at radius 2 is 2.25 bits per heavy atom. The first-order valence-electron chi connectivity index (χ1n) is 4.06. The minimum absolute atomic E-state index is 0.601. The van der Waals surface area contributed by atoms with E-state index in [4.69, 9.17) is 17.3 Å². The van der Waals surface area contributed by atoms with Gasteiger partial charge in [0.1, 0.15) is 5.15 Å². The molecule has 3 heteroatoms. The van der Waals surface area contributed by atoms with E-state index in [-0.39, 0.29) is 0 Å². The first-order valence-corrected chi connectivity index (χ1v) is 4.44. The molecule has 1 heterocycles. The summed E-state index contributed by atoms with van der Waals surface area (Å²) in [5, 5.41) is 0.601. The first-order chi connectivity index (χ1) is 5.74. The monoisotopic (exact) mass is 184 g/mol. The van der Waals surface area contributed by atoms with Gasteiger partial charge >= 0.3 is 0 Å². The molecule has 66 valence electrons. The van der Waals surface area contributed by atoms with E-state index in [1.165, 1.54) is 0 Å². The first kappa shape index (κ1) is 9.49. The van der Waals surface area contributed by atoms with E-state index in [9.17, 15) is 0 Å². The number of aryl methyl sites for hydroxylation is 2. The molecule has 1 rings (SSSR count). The highest BCUT2D eigenvalue weighted by Crippen LogP contribution is 2.12. The maximum Gasteiger partial charge on any atom is 0.132 e. The van der Waals surface area contributed by atoms with Crippen molar-refractivity contribution < 1.29 is 0 Å². The number of pyridine rings is 1. The summed E-state index contributed by atoms with van der Waals surface area (Å²) in [4.78, 5) is 4.22. The van der Waals surface area contributed by atoms with Gasteiger partial charge in [-0.25, -0.2) is 4.98 Å². The van der Waals surface area contributed by atoms with Crippen molar-refractivity contribution in [3.8, 4) is 0 Å². The van der Waals surface area contributed by atoms with Crippen LogP contribution in [0.2, 0.25) is 5.15 Å². The standard InChI is InChI=1S/C9H13ClN2/c1-7-4-5-8(3-2-6-11)12-9(7)10/h4-5H,2-3,6,11H2,1H3. The molecule has 12 heavy (non-hydrogen) atoms. The van der Waals surface area contributed by atoms with Gasteiger partial charge < -0.3 is 5.73 Å². The molecule has 0 saturated carbocycles. The predicted molar refractivity (Wildman–Crippen MR) is 51.4 cm³/mol. The third-order valence-corrected chi connectivity index (χ3v) is 2.11. The van der Waals surface area contributed by atoms with E-state index < -0.39 is 0 Å². The Morgan fingerprint density at radius 1 is 1.50 bits per heavy atom. The predicted octanol–water partition coefficient (Wildman–Crippen LogP) is 1.93. The van der Waals surface area contributed by atoms with Gasteiger partial charge in [0.15, 0.2) is 0 Å². The largest absolute Gasteiger partial charge is 0.330 e. The van der Waals surface area contributed by atoms with E-state index in [0.29, 0.717) is 11.7 Å². The third kappa shape index (κ3) is 2.47. The number of aromatic nitrogens is 1. The van der Waals surface area contributed by atoms with Crippen LogP contribution < -0.4 is 5.73 Å². The maximum absolute atomic E-state index is 5.85. The van der Waals surface area contributed by atoms with Gasteiger partial charge in [0.05, 0.1) is 0 Å². The van der Waals surface area contributed by atoms with Crippen LogP contribution in [0, 0.1) is 6.92 Å². The Bertz CT molecular complexity index is 261. The van der Waals surface area contributed by atoms with E-state index in [2.05, 4.69) is 4.98 Å². The molecule has 2 nitrogen and oxygen atoms in total. The van der Waals surface area contributed by atoms with Crippen LogP contribution in [0.1, 0.15) is 17.7 Å². The van der Waals surface area contributed by atoms with Gasteiger partial charge in [-0.3, -0.25) is 0 Å². The molecule has 0 saturated heterocycles. The van der Waals surface area contributed by atoms with Crippen LogP contribution in [0.5, 0.6) is 0 Å². The van der Waals surface area contributed by atoms with Crippen LogP contribution in [0.3, 0.4) is 0 Å². The number of halogens is 1. The molecule has 1 aromatic heterocycles. The third-order valence-electron chi connectivity index (χ3n) is 1.73. The average molecular weight is 185 g/mol. The van der Waals surface area contributed by atoms with E-state index >= 15 is 0 Å². The van der Waals surface area contributed by atoms with Crippen molar-refractivity contribution in [2.24, 2.45) is 5.73 Å². The Balaban J connectivity index is 2.69. The highest BCUT2D eigenvalue weighted by Gasteiger charge is 1.98. The molecule has 0 aliphatic heterocycles. The fourth-order valence-corrected chi connectivity index (χ4v) is 1.14. The summed E-state index contributed by atoms with van der Waals surface area (Å²) in [5.74, 6) is 0. The Morgan fingerprint density at radius 3 is 2.83 bits per heavy atom. The molecular formula is C9H13ClN2. The number of nitrogens with zero attached hydrogens (tertiary/aromatic N) is 1. The van der Waals surface area contributed by atoms with Gasteiger partial charge in [-0.05, 0) is 37.9 Å². The van der Waals surface area contributed by atoms with Gasteiger partial charge in [-0.2, -0.15) is 0 Å². The average Bonchev–Trinajstić information content (AvgIpc) is 2.07. The van der Waals surface area contributed by atoms with Crippen molar-refractivity contribution in [1.82, 2.24) is 4.98 Å². The summed E-state index contributed by atoms with van der Waals surface area (Å²) in [6.07, 6.45) is 1.88. The molecule has 0 unspecified atom stereocenters. The minimum Gasteiger partial charge on any atom is -0.330 e. The second kappa shape index (κ2) is 4.43. The van der Waals surface area contributed by atoms with Crippen molar-refractivity contribution in [2.75, 3.05) is 6.54 Å². The van der Waals surface area contributed by atoms with Gasteiger partial charge in [0.2, 0.25) is 0 Å². The van der Waals surface area contributed by atoms with Gasteiger partial charge in [0, 0.05) is 5.69 Å². The summed E-state index contributed by atoms with van der Waals surface area (Å²) in [5.41, 5.74) is 7.43. The van der Waals surface area contributed by atoms with E-state index in [0.717, 1.165) is 24.1 Å². The van der Waals surface area contributed by atoms with E-state index in [1.54, 1.807) is 0 Å². The van der Waals surface area contributed by atoms with Crippen molar-refractivity contribution in [3.63, 3.8) is 0 Å². The zero-order valence-corrected chi connectivity index (χ0v) is 7.93. The molecule has 0 bridgehead atoms. The fraction of sp³-hybridized carbons (Fsp3) is 0.444. The summed E-state index contributed by atoms with van der Waals surface area (Å²) in [6.45, 7) is 2.65. The SMILES string of the molecule is Cc1ccc(CCCN)nc1Cl. The summed E-state index contributed by atoms with van der Waals surface area (Å²) >= 11 is 5.85. The summed E-state index contributed by atoms with van der Waals surface area (Å²) < 4.78 is 0. The molecule has 1 aromatic rings. The quantitative estimate of drug-likeness (QED) is 0.730. The zero-order valence-electron chi connectivity index (χ0n) is 7.18. The lowest BCUT2D eigenvalue weighted by Crippen LogP contribution is -2.01. The Kier molecular flexibility index (Phi) is 3.50. The molecule has 0 amide bonds. The zero-order chi connectivity index (χ0) is 8.97. The van der Waals surface area contributed by atoms with Crippen LogP contribution in [0.25, 0.3) is 0 Å². The Labute approximate surface area is 77.8 Å². The number of hydrogen-bond donors (Lipinski definition) is 1. The molecule has 0 spiro atoms. The van der Waals surface area contributed by atoms with Crippen molar-refractivity contribution in [3.05, 3.63) is 28.5 Å². The number of nitrogens with two attached hydrogens (primary N) is 1. The number of rotatable bonds is 3. The molecule has 0 atom stereocenters. The second-order valence-corrected chi connectivity index (χ2v) is 3.16. The molecule has 0 radical (unpaired) electrons. The summed E-state index contributed by atoms with van der Waals surface area (Å²) in [6, 6.07) is 3.98. The summed E-state index contributed by atoms with van der Waals surface area (Å²) in [7, 11) is 0. The molecule has 2 N–H and O–H groups in total.